The van der Waals surface area contributed by atoms with Crippen molar-refractivity contribution in [1.82, 2.24) is 0 Å². The second kappa shape index (κ2) is 12.6. The zero-order valence-corrected chi connectivity index (χ0v) is 21.7. The minimum Gasteiger partial charge on any atom is -0.373 e. The van der Waals surface area contributed by atoms with Crippen LogP contribution in [0.25, 0.3) is 0 Å². The van der Waals surface area contributed by atoms with Crippen LogP contribution in [-0.4, -0.2) is 6.10 Å². The van der Waals surface area contributed by atoms with E-state index < -0.39 is 23.3 Å². The Morgan fingerprint density at radius 1 is 0.667 bits per heavy atom. The molecule has 4 rings (SSSR count). The molecule has 0 unspecified atom stereocenters. The molecule has 198 valence electrons. The number of hydrogen-bond donors (Lipinski definition) is 0. The van der Waals surface area contributed by atoms with Gasteiger partial charge in [-0.2, -0.15) is 0 Å². The van der Waals surface area contributed by atoms with Crippen LogP contribution in [0.15, 0.2) is 24.3 Å². The van der Waals surface area contributed by atoms with Crippen molar-refractivity contribution in [3.8, 4) is 0 Å². The molecule has 0 radical (unpaired) electrons. The molecule has 1 nitrogen and oxygen atoms in total. The van der Waals surface area contributed by atoms with Gasteiger partial charge in [-0.25, -0.2) is 17.6 Å². The molecule has 2 saturated carbocycles. The lowest BCUT2D eigenvalue weighted by molar-refractivity contribution is 0.0116. The van der Waals surface area contributed by atoms with E-state index in [0.29, 0.717) is 54.7 Å². The summed E-state index contributed by atoms with van der Waals surface area (Å²) < 4.78 is 65.0. The third-order valence-corrected chi connectivity index (χ3v) is 8.64. The van der Waals surface area contributed by atoms with Crippen LogP contribution in [0.2, 0.25) is 0 Å². The van der Waals surface area contributed by atoms with E-state index in [-0.39, 0.29) is 30.1 Å². The molecular formula is C31H40F4O. The van der Waals surface area contributed by atoms with Crippen LogP contribution in [0.1, 0.15) is 119 Å². The lowest BCUT2D eigenvalue weighted by atomic mass is 9.77. The number of hydrogen-bond acceptors (Lipinski definition) is 1. The first-order valence-electron chi connectivity index (χ1n) is 14.0. The average Bonchev–Trinajstić information content (AvgIpc) is 2.91. The molecule has 36 heavy (non-hydrogen) atoms. The van der Waals surface area contributed by atoms with Crippen molar-refractivity contribution in [2.75, 3.05) is 0 Å². The molecule has 0 atom stereocenters. The largest absolute Gasteiger partial charge is 0.373 e. The Kier molecular flexibility index (Phi) is 9.49. The predicted octanol–water partition coefficient (Wildman–Crippen LogP) is 9.51. The first-order chi connectivity index (χ1) is 17.4. The van der Waals surface area contributed by atoms with E-state index in [9.17, 15) is 17.6 Å². The molecular weight excluding hydrogens is 464 g/mol. The second-order valence-corrected chi connectivity index (χ2v) is 10.9. The molecule has 0 N–H and O–H groups in total. The van der Waals surface area contributed by atoms with E-state index in [1.54, 1.807) is 24.3 Å². The summed E-state index contributed by atoms with van der Waals surface area (Å²) in [6, 6.07) is 6.88. The summed E-state index contributed by atoms with van der Waals surface area (Å²) in [7, 11) is 0. The van der Waals surface area contributed by atoms with Gasteiger partial charge < -0.3 is 4.74 Å². The molecule has 2 aliphatic rings. The van der Waals surface area contributed by atoms with Gasteiger partial charge in [0, 0.05) is 5.56 Å². The molecule has 0 amide bonds. The van der Waals surface area contributed by atoms with Crippen LogP contribution in [0.4, 0.5) is 17.6 Å². The van der Waals surface area contributed by atoms with Gasteiger partial charge in [-0.15, -0.1) is 0 Å². The van der Waals surface area contributed by atoms with Gasteiger partial charge in [-0.05, 0) is 98.7 Å². The van der Waals surface area contributed by atoms with E-state index in [0.717, 1.165) is 44.9 Å². The summed E-state index contributed by atoms with van der Waals surface area (Å²) in [5.41, 5.74) is 1.64. The minimum absolute atomic E-state index is 0.0239. The van der Waals surface area contributed by atoms with Gasteiger partial charge in [0.1, 0.15) is 0 Å². The van der Waals surface area contributed by atoms with E-state index in [1.807, 2.05) is 6.92 Å². The van der Waals surface area contributed by atoms with Crippen LogP contribution in [0, 0.1) is 29.2 Å². The normalized spacial score (nSPS) is 24.7. The highest BCUT2D eigenvalue weighted by Gasteiger charge is 2.28. The monoisotopic (exact) mass is 504 g/mol. The molecule has 0 spiro atoms. The Morgan fingerprint density at radius 2 is 1.19 bits per heavy atom. The standard InChI is InChI=1S/C31H40F4O/c1-3-5-6-23-13-17-26(30(34)28(23)32)22-11-15-25(16-12-22)36-19-24-14-18-27(31(35)29(24)33)21-9-7-20(4-2)8-10-21/h13-14,17-18,20-22,25H,3-12,15-16,19H2,1-2H3. The summed E-state index contributed by atoms with van der Waals surface area (Å²) in [5, 5.41) is 0. The van der Waals surface area contributed by atoms with Crippen molar-refractivity contribution in [2.24, 2.45) is 5.92 Å². The van der Waals surface area contributed by atoms with Gasteiger partial charge in [0.15, 0.2) is 23.3 Å². The van der Waals surface area contributed by atoms with E-state index >= 15 is 0 Å². The predicted molar refractivity (Wildman–Crippen MR) is 136 cm³/mol. The number of unbranched alkanes of at least 4 members (excludes halogenated alkanes) is 1. The second-order valence-electron chi connectivity index (χ2n) is 10.9. The lowest BCUT2D eigenvalue weighted by Crippen LogP contribution is -2.22. The Labute approximate surface area is 213 Å². The summed E-state index contributed by atoms with van der Waals surface area (Å²) in [6.07, 6.45) is 10.1. The van der Waals surface area contributed by atoms with E-state index in [1.165, 1.54) is 0 Å². The quantitative estimate of drug-likeness (QED) is 0.309. The summed E-state index contributed by atoms with van der Waals surface area (Å²) >= 11 is 0. The highest BCUT2D eigenvalue weighted by Crippen LogP contribution is 2.39. The molecule has 0 saturated heterocycles. The topological polar surface area (TPSA) is 9.23 Å². The maximum atomic E-state index is 14.9. The van der Waals surface area contributed by atoms with Crippen molar-refractivity contribution in [2.45, 2.75) is 115 Å². The van der Waals surface area contributed by atoms with Crippen molar-refractivity contribution in [3.05, 3.63) is 69.8 Å². The van der Waals surface area contributed by atoms with Crippen LogP contribution >= 0.6 is 0 Å². The maximum absolute atomic E-state index is 14.9. The van der Waals surface area contributed by atoms with E-state index in [4.69, 9.17) is 4.74 Å². The molecule has 2 aliphatic carbocycles. The average molecular weight is 505 g/mol. The van der Waals surface area contributed by atoms with E-state index in [2.05, 4.69) is 6.92 Å². The zero-order valence-electron chi connectivity index (χ0n) is 21.7. The molecule has 0 aliphatic heterocycles. The number of ether oxygens (including phenoxy) is 1. The fourth-order valence-electron chi connectivity index (χ4n) is 6.14. The smallest absolute Gasteiger partial charge is 0.164 e. The van der Waals surface area contributed by atoms with Gasteiger partial charge in [-0.3, -0.25) is 0 Å². The number of benzene rings is 2. The first kappa shape index (κ1) is 27.2. The molecule has 2 aromatic carbocycles. The Hall–Kier alpha value is -1.88. The number of aryl methyl sites for hydroxylation is 1. The van der Waals surface area contributed by atoms with Crippen LogP contribution in [0.3, 0.4) is 0 Å². The van der Waals surface area contributed by atoms with Crippen molar-refractivity contribution in [3.63, 3.8) is 0 Å². The lowest BCUT2D eigenvalue weighted by Gasteiger charge is -2.30. The molecule has 0 bridgehead atoms. The van der Waals surface area contributed by atoms with Crippen molar-refractivity contribution in [1.29, 1.82) is 0 Å². The molecule has 0 aromatic heterocycles. The number of rotatable bonds is 9. The van der Waals surface area contributed by atoms with Gasteiger partial charge >= 0.3 is 0 Å². The fraction of sp³-hybridized carbons (Fsp3) is 0.613. The third kappa shape index (κ3) is 6.15. The Bertz CT molecular complexity index is 1000. The summed E-state index contributed by atoms with van der Waals surface area (Å²) in [4.78, 5) is 0. The highest BCUT2D eigenvalue weighted by atomic mass is 19.2. The Balaban J connectivity index is 1.30. The number of halogens is 4. The highest BCUT2D eigenvalue weighted by molar-refractivity contribution is 5.30. The van der Waals surface area contributed by atoms with Crippen molar-refractivity contribution >= 4 is 0 Å². The first-order valence-corrected chi connectivity index (χ1v) is 14.0. The molecule has 2 aromatic rings. The van der Waals surface area contributed by atoms with Gasteiger partial charge in [0.2, 0.25) is 0 Å². The molecule has 2 fully saturated rings. The SMILES string of the molecule is CCCCc1ccc(C2CCC(OCc3ccc(C4CCC(CC)CC4)c(F)c3F)CC2)c(F)c1F. The third-order valence-electron chi connectivity index (χ3n) is 8.64. The fourth-order valence-corrected chi connectivity index (χ4v) is 6.14. The molecule has 0 heterocycles. The Morgan fingerprint density at radius 3 is 1.75 bits per heavy atom. The summed E-state index contributed by atoms with van der Waals surface area (Å²) in [6.45, 7) is 4.24. The summed E-state index contributed by atoms with van der Waals surface area (Å²) in [5.74, 6) is -2.18. The van der Waals surface area contributed by atoms with Gasteiger partial charge in [-0.1, -0.05) is 51.0 Å². The van der Waals surface area contributed by atoms with Crippen molar-refractivity contribution < 1.29 is 22.3 Å². The molecule has 5 heteroatoms. The van der Waals surface area contributed by atoms with Gasteiger partial charge in [0.05, 0.1) is 12.7 Å². The van der Waals surface area contributed by atoms with Gasteiger partial charge in [0.25, 0.3) is 0 Å². The minimum atomic E-state index is -0.792. The van der Waals surface area contributed by atoms with Crippen LogP contribution in [0.5, 0.6) is 0 Å². The van der Waals surface area contributed by atoms with Crippen LogP contribution < -0.4 is 0 Å². The maximum Gasteiger partial charge on any atom is 0.164 e. The van der Waals surface area contributed by atoms with Crippen LogP contribution in [-0.2, 0) is 17.8 Å². The zero-order chi connectivity index (χ0) is 25.7.